The van der Waals surface area contributed by atoms with Crippen LogP contribution in [-0.4, -0.2) is 44.6 Å². The highest BCUT2D eigenvalue weighted by Crippen LogP contribution is 2.22. The number of amides is 1. The van der Waals surface area contributed by atoms with Crippen LogP contribution < -0.4 is 4.72 Å². The largest absolute Gasteiger partial charge is 0.342 e. The van der Waals surface area contributed by atoms with E-state index in [0.717, 1.165) is 37.9 Å². The Bertz CT molecular complexity index is 670. The highest BCUT2D eigenvalue weighted by molar-refractivity contribution is 7.89. The standard InChI is InChI=1S/C19H30N2O3S/c1-19(2,3)17-9-7-16(8-10-17)11-14-25(23,24)20-15-18(22)21-12-5-4-6-13-21/h7-10,20H,4-6,11-15H2,1-3H3. The van der Waals surface area contributed by atoms with Crippen molar-refractivity contribution in [3.63, 3.8) is 0 Å². The fraction of sp³-hybridized carbons (Fsp3) is 0.632. The number of carbonyl (C=O) groups excluding carboxylic acids is 1. The molecule has 1 aliphatic heterocycles. The molecule has 1 aromatic rings. The number of nitrogens with one attached hydrogen (secondary N) is 1. The third-order valence-electron chi connectivity index (χ3n) is 4.63. The first-order valence-electron chi connectivity index (χ1n) is 9.02. The molecule has 0 bridgehead atoms. The second-order valence-electron chi connectivity index (χ2n) is 7.78. The molecule has 0 aliphatic carbocycles. The smallest absolute Gasteiger partial charge is 0.237 e. The molecule has 0 spiro atoms. The normalized spacial score (nSPS) is 16.0. The number of hydrogen-bond acceptors (Lipinski definition) is 3. The van der Waals surface area contributed by atoms with Gasteiger partial charge in [-0.15, -0.1) is 0 Å². The van der Waals surface area contributed by atoms with E-state index in [1.165, 1.54) is 5.56 Å². The number of sulfonamides is 1. The van der Waals surface area contributed by atoms with Crippen molar-refractivity contribution < 1.29 is 13.2 Å². The van der Waals surface area contributed by atoms with Crippen LogP contribution in [0.4, 0.5) is 0 Å². The van der Waals surface area contributed by atoms with E-state index < -0.39 is 10.0 Å². The molecule has 0 unspecified atom stereocenters. The summed E-state index contributed by atoms with van der Waals surface area (Å²) in [5.41, 5.74) is 2.30. The lowest BCUT2D eigenvalue weighted by Crippen LogP contribution is -2.43. The van der Waals surface area contributed by atoms with Gasteiger partial charge in [0.25, 0.3) is 0 Å². The maximum Gasteiger partial charge on any atom is 0.237 e. The van der Waals surface area contributed by atoms with Gasteiger partial charge in [0, 0.05) is 13.1 Å². The molecule has 0 atom stereocenters. The molecule has 1 N–H and O–H groups in total. The van der Waals surface area contributed by atoms with Crippen LogP contribution in [0.1, 0.15) is 51.2 Å². The fourth-order valence-electron chi connectivity index (χ4n) is 2.92. The summed E-state index contributed by atoms with van der Waals surface area (Å²) in [6.07, 6.45) is 3.59. The van der Waals surface area contributed by atoms with Crippen LogP contribution in [0.25, 0.3) is 0 Å². The van der Waals surface area contributed by atoms with E-state index >= 15 is 0 Å². The Labute approximate surface area is 151 Å². The molecular weight excluding hydrogens is 336 g/mol. The summed E-state index contributed by atoms with van der Waals surface area (Å²) >= 11 is 0. The maximum atomic E-state index is 12.1. The first-order chi connectivity index (χ1) is 11.7. The minimum absolute atomic E-state index is 0.00482. The number of nitrogens with zero attached hydrogens (tertiary/aromatic N) is 1. The molecule has 1 heterocycles. The van der Waals surface area contributed by atoms with E-state index in [0.29, 0.717) is 6.42 Å². The van der Waals surface area contributed by atoms with Crippen LogP contribution in [0.15, 0.2) is 24.3 Å². The van der Waals surface area contributed by atoms with Gasteiger partial charge in [0.15, 0.2) is 0 Å². The number of piperidine rings is 1. The molecule has 0 radical (unpaired) electrons. The van der Waals surface area contributed by atoms with E-state index in [1.807, 2.05) is 12.1 Å². The monoisotopic (exact) mass is 366 g/mol. The summed E-state index contributed by atoms with van der Waals surface area (Å²) in [4.78, 5) is 13.8. The third kappa shape index (κ3) is 6.44. The minimum Gasteiger partial charge on any atom is -0.342 e. The molecular formula is C19H30N2O3S. The van der Waals surface area contributed by atoms with Crippen molar-refractivity contribution in [1.82, 2.24) is 9.62 Å². The molecule has 1 amide bonds. The molecule has 25 heavy (non-hydrogen) atoms. The zero-order chi connectivity index (χ0) is 18.5. The van der Waals surface area contributed by atoms with Crippen molar-refractivity contribution in [3.8, 4) is 0 Å². The number of benzene rings is 1. The van der Waals surface area contributed by atoms with Gasteiger partial charge in [0.05, 0.1) is 12.3 Å². The molecule has 2 rings (SSSR count). The lowest BCUT2D eigenvalue weighted by Gasteiger charge is -2.26. The SMILES string of the molecule is CC(C)(C)c1ccc(CCS(=O)(=O)NCC(=O)N2CCCCC2)cc1. The van der Waals surface area contributed by atoms with Gasteiger partial charge in [-0.25, -0.2) is 13.1 Å². The van der Waals surface area contributed by atoms with Crippen LogP contribution in [0.2, 0.25) is 0 Å². The molecule has 6 heteroatoms. The van der Waals surface area contributed by atoms with E-state index in [-0.39, 0.29) is 23.6 Å². The molecule has 1 aliphatic rings. The van der Waals surface area contributed by atoms with Gasteiger partial charge in [-0.1, -0.05) is 45.0 Å². The Hall–Kier alpha value is -1.40. The van der Waals surface area contributed by atoms with Gasteiger partial charge in [-0.3, -0.25) is 4.79 Å². The topological polar surface area (TPSA) is 66.5 Å². The fourth-order valence-corrected chi connectivity index (χ4v) is 3.91. The number of hydrogen-bond donors (Lipinski definition) is 1. The average molecular weight is 367 g/mol. The Kier molecular flexibility index (Phi) is 6.63. The minimum atomic E-state index is -3.45. The molecule has 1 aromatic carbocycles. The van der Waals surface area contributed by atoms with Gasteiger partial charge < -0.3 is 4.90 Å². The van der Waals surface area contributed by atoms with Gasteiger partial charge >= 0.3 is 0 Å². The molecule has 5 nitrogen and oxygen atoms in total. The second kappa shape index (κ2) is 8.32. The Morgan fingerprint density at radius 2 is 1.68 bits per heavy atom. The predicted octanol–water partition coefficient (Wildman–Crippen LogP) is 2.46. The molecule has 0 aromatic heterocycles. The van der Waals surface area contributed by atoms with Crippen LogP contribution in [-0.2, 0) is 26.7 Å². The van der Waals surface area contributed by atoms with E-state index in [1.54, 1.807) is 4.90 Å². The van der Waals surface area contributed by atoms with Crippen LogP contribution in [0.5, 0.6) is 0 Å². The van der Waals surface area contributed by atoms with Crippen molar-refractivity contribution in [2.24, 2.45) is 0 Å². The summed E-state index contributed by atoms with van der Waals surface area (Å²) in [5, 5.41) is 0. The summed E-state index contributed by atoms with van der Waals surface area (Å²) in [5.74, 6) is -0.132. The predicted molar refractivity (Wildman–Crippen MR) is 101 cm³/mol. The zero-order valence-electron chi connectivity index (χ0n) is 15.5. The lowest BCUT2D eigenvalue weighted by molar-refractivity contribution is -0.130. The van der Waals surface area contributed by atoms with Gasteiger partial charge in [0.1, 0.15) is 0 Å². The van der Waals surface area contributed by atoms with Crippen LogP contribution in [0.3, 0.4) is 0 Å². The van der Waals surface area contributed by atoms with Gasteiger partial charge in [-0.2, -0.15) is 0 Å². The van der Waals surface area contributed by atoms with Gasteiger partial charge in [0.2, 0.25) is 15.9 Å². The van der Waals surface area contributed by atoms with Crippen molar-refractivity contribution in [2.45, 2.75) is 51.9 Å². The van der Waals surface area contributed by atoms with E-state index in [2.05, 4.69) is 37.6 Å². The summed E-state index contributed by atoms with van der Waals surface area (Å²) in [6, 6.07) is 8.06. The lowest BCUT2D eigenvalue weighted by atomic mass is 9.86. The number of carbonyl (C=O) groups is 1. The summed E-state index contributed by atoms with van der Waals surface area (Å²) in [6.45, 7) is 7.79. The molecule has 1 fully saturated rings. The summed E-state index contributed by atoms with van der Waals surface area (Å²) in [7, 11) is -3.45. The summed E-state index contributed by atoms with van der Waals surface area (Å²) < 4.78 is 26.7. The molecule has 1 saturated heterocycles. The number of aryl methyl sites for hydroxylation is 1. The molecule has 140 valence electrons. The van der Waals surface area contributed by atoms with Crippen LogP contribution in [0, 0.1) is 0 Å². The Morgan fingerprint density at radius 3 is 2.24 bits per heavy atom. The Morgan fingerprint density at radius 1 is 1.08 bits per heavy atom. The molecule has 0 saturated carbocycles. The second-order valence-corrected chi connectivity index (χ2v) is 9.70. The van der Waals surface area contributed by atoms with E-state index in [4.69, 9.17) is 0 Å². The number of likely N-dealkylation sites (tertiary alicyclic amines) is 1. The van der Waals surface area contributed by atoms with Crippen LogP contribution >= 0.6 is 0 Å². The first kappa shape index (κ1) is 19.9. The van der Waals surface area contributed by atoms with Crippen molar-refractivity contribution in [1.29, 1.82) is 0 Å². The van der Waals surface area contributed by atoms with Crippen molar-refractivity contribution in [2.75, 3.05) is 25.4 Å². The van der Waals surface area contributed by atoms with E-state index in [9.17, 15) is 13.2 Å². The van der Waals surface area contributed by atoms with Gasteiger partial charge in [-0.05, 0) is 42.2 Å². The van der Waals surface area contributed by atoms with Crippen molar-refractivity contribution in [3.05, 3.63) is 35.4 Å². The van der Waals surface area contributed by atoms with Crippen molar-refractivity contribution >= 4 is 15.9 Å². The number of rotatable bonds is 6. The zero-order valence-corrected chi connectivity index (χ0v) is 16.4. The highest BCUT2D eigenvalue weighted by atomic mass is 32.2. The Balaban J connectivity index is 1.81. The third-order valence-corrected chi connectivity index (χ3v) is 5.96. The first-order valence-corrected chi connectivity index (χ1v) is 10.7. The maximum absolute atomic E-state index is 12.1. The average Bonchev–Trinajstić information content (AvgIpc) is 2.58. The quantitative estimate of drug-likeness (QED) is 0.841. The highest BCUT2D eigenvalue weighted by Gasteiger charge is 2.19.